The van der Waals surface area contributed by atoms with Gasteiger partial charge in [0.15, 0.2) is 10.3 Å². The van der Waals surface area contributed by atoms with Gasteiger partial charge >= 0.3 is 0 Å². The van der Waals surface area contributed by atoms with Crippen molar-refractivity contribution in [3.8, 4) is 0 Å². The third-order valence-corrected chi connectivity index (χ3v) is 7.94. The zero-order valence-electron chi connectivity index (χ0n) is 19.3. The number of thiazole rings is 2. The quantitative estimate of drug-likeness (QED) is 0.303. The van der Waals surface area contributed by atoms with Gasteiger partial charge in [0.25, 0.3) is 5.91 Å². The molecule has 6 rings (SSSR count). The summed E-state index contributed by atoms with van der Waals surface area (Å²) in [6.45, 7) is 0. The molecule has 0 spiro atoms. The summed E-state index contributed by atoms with van der Waals surface area (Å²) in [7, 11) is 0. The number of hydrogen-bond donors (Lipinski definition) is 3. The number of nitrogens with one attached hydrogen (secondary N) is 3. The molecule has 3 N–H and O–H groups in total. The number of carbonyl (C=O) groups is 3. The van der Waals surface area contributed by atoms with E-state index in [4.69, 9.17) is 0 Å². The Kier molecular flexibility index (Phi) is 6.08. The Balaban J connectivity index is 1.20. The van der Waals surface area contributed by atoms with Gasteiger partial charge in [-0.15, -0.1) is 0 Å². The van der Waals surface area contributed by atoms with Gasteiger partial charge in [0, 0.05) is 12.0 Å². The molecule has 184 valence electrons. The van der Waals surface area contributed by atoms with Crippen LogP contribution in [-0.4, -0.2) is 44.8 Å². The van der Waals surface area contributed by atoms with Crippen LogP contribution in [0.2, 0.25) is 0 Å². The van der Waals surface area contributed by atoms with E-state index < -0.39 is 18.0 Å². The molecule has 2 unspecified atom stereocenters. The summed E-state index contributed by atoms with van der Waals surface area (Å²) >= 11 is 2.73. The van der Waals surface area contributed by atoms with E-state index in [2.05, 4.69) is 26.0 Å². The fraction of sp³-hybridized carbons (Fsp3) is 0.115. The fourth-order valence-corrected chi connectivity index (χ4v) is 5.88. The number of carbonyl (C=O) groups excluding carboxylic acids is 3. The minimum atomic E-state index is -0.745. The van der Waals surface area contributed by atoms with Crippen LogP contribution < -0.4 is 16.1 Å². The highest BCUT2D eigenvalue weighted by molar-refractivity contribution is 7.22. The number of amides is 3. The molecule has 1 saturated heterocycles. The fourth-order valence-electron chi connectivity index (χ4n) is 4.14. The van der Waals surface area contributed by atoms with Crippen molar-refractivity contribution in [2.24, 2.45) is 0 Å². The lowest BCUT2D eigenvalue weighted by Gasteiger charge is -2.45. The van der Waals surface area contributed by atoms with Crippen molar-refractivity contribution in [3.05, 3.63) is 84.4 Å². The number of rotatable bonds is 6. The number of fused-ring (bicyclic) bond motifs is 2. The normalized spacial score (nSPS) is 17.3. The molecule has 0 radical (unpaired) electrons. The zero-order chi connectivity index (χ0) is 25.4. The molecular weight excluding hydrogens is 508 g/mol. The Bertz CT molecular complexity index is 1470. The first-order valence-corrected chi connectivity index (χ1v) is 13.2. The van der Waals surface area contributed by atoms with Crippen LogP contribution in [0.4, 0.5) is 10.3 Å². The van der Waals surface area contributed by atoms with Crippen molar-refractivity contribution in [2.45, 2.75) is 18.5 Å². The molecule has 37 heavy (non-hydrogen) atoms. The molecule has 1 aliphatic rings. The number of benzene rings is 3. The first-order chi connectivity index (χ1) is 18.0. The molecule has 0 saturated carbocycles. The number of anilines is 2. The summed E-state index contributed by atoms with van der Waals surface area (Å²) in [6.07, 6.45) is 0.225. The number of nitrogens with zero attached hydrogens (tertiary/aromatic N) is 3. The number of hydrogen-bond acceptors (Lipinski definition) is 8. The van der Waals surface area contributed by atoms with Crippen LogP contribution in [0.25, 0.3) is 20.4 Å². The Morgan fingerprint density at radius 3 is 1.70 bits per heavy atom. The van der Waals surface area contributed by atoms with E-state index >= 15 is 0 Å². The van der Waals surface area contributed by atoms with E-state index in [0.29, 0.717) is 15.8 Å². The lowest BCUT2D eigenvalue weighted by molar-refractivity contribution is -0.141. The second-order valence-corrected chi connectivity index (χ2v) is 10.5. The Morgan fingerprint density at radius 2 is 1.19 bits per heavy atom. The van der Waals surface area contributed by atoms with E-state index in [1.54, 1.807) is 24.3 Å². The van der Waals surface area contributed by atoms with Crippen molar-refractivity contribution in [2.75, 3.05) is 10.6 Å². The van der Waals surface area contributed by atoms with Crippen molar-refractivity contribution in [1.29, 1.82) is 0 Å². The highest BCUT2D eigenvalue weighted by atomic mass is 32.1. The maximum Gasteiger partial charge on any atom is 0.265 e. The van der Waals surface area contributed by atoms with Crippen LogP contribution in [-0.2, 0) is 9.59 Å². The first-order valence-electron chi connectivity index (χ1n) is 11.5. The van der Waals surface area contributed by atoms with Crippen LogP contribution in [0.5, 0.6) is 0 Å². The summed E-state index contributed by atoms with van der Waals surface area (Å²) in [4.78, 5) is 48.1. The number of aromatic nitrogens is 2. The summed E-state index contributed by atoms with van der Waals surface area (Å²) in [5, 5.41) is 8.00. The molecular formula is C26H20N6O3S2. The molecule has 3 amide bonds. The van der Waals surface area contributed by atoms with Gasteiger partial charge < -0.3 is 10.6 Å². The second kappa shape index (κ2) is 9.69. The second-order valence-electron chi connectivity index (χ2n) is 8.43. The van der Waals surface area contributed by atoms with Gasteiger partial charge in [-0.1, -0.05) is 65.1 Å². The van der Waals surface area contributed by atoms with Gasteiger partial charge in [0.05, 0.1) is 20.4 Å². The van der Waals surface area contributed by atoms with Gasteiger partial charge in [-0.3, -0.25) is 19.8 Å². The van der Waals surface area contributed by atoms with E-state index in [-0.39, 0.29) is 18.2 Å². The summed E-state index contributed by atoms with van der Waals surface area (Å²) < 4.78 is 1.91. The van der Waals surface area contributed by atoms with Crippen LogP contribution in [0.15, 0.2) is 78.9 Å². The monoisotopic (exact) mass is 528 g/mol. The molecule has 3 aromatic carbocycles. The molecule has 1 aliphatic heterocycles. The van der Waals surface area contributed by atoms with Gasteiger partial charge in [0.2, 0.25) is 11.8 Å². The minimum absolute atomic E-state index is 0.225. The molecule has 2 aromatic heterocycles. The molecule has 0 aliphatic carbocycles. The topological polar surface area (TPSA) is 116 Å². The largest absolute Gasteiger partial charge is 0.301 e. The average molecular weight is 529 g/mol. The van der Waals surface area contributed by atoms with E-state index in [9.17, 15) is 14.4 Å². The third kappa shape index (κ3) is 4.67. The smallest absolute Gasteiger partial charge is 0.265 e. The Labute approximate surface area is 219 Å². The highest BCUT2D eigenvalue weighted by Gasteiger charge is 2.48. The lowest BCUT2D eigenvalue weighted by atomic mass is 9.93. The van der Waals surface area contributed by atoms with E-state index in [0.717, 1.165) is 20.4 Å². The van der Waals surface area contributed by atoms with Gasteiger partial charge in [-0.05, 0) is 36.4 Å². The van der Waals surface area contributed by atoms with Crippen molar-refractivity contribution in [1.82, 2.24) is 20.4 Å². The van der Waals surface area contributed by atoms with Gasteiger partial charge in [-0.25, -0.2) is 9.97 Å². The van der Waals surface area contributed by atoms with E-state index in [1.165, 1.54) is 27.7 Å². The standard InChI is InChI=1S/C26H20N6O3S2/c33-22(15-8-2-1-3-9-15)31-32-18(23(34)29-25-27-16-10-4-6-12-20(16)36-25)14-19(32)24(35)30-26-28-17-11-5-7-13-21(17)37-26/h1-13,18-19H,14H2,(H,31,33)(H,27,29,34)(H,28,30,35). The van der Waals surface area contributed by atoms with Crippen molar-refractivity contribution in [3.63, 3.8) is 0 Å². The molecule has 5 aromatic rings. The highest BCUT2D eigenvalue weighted by Crippen LogP contribution is 2.31. The van der Waals surface area contributed by atoms with Crippen molar-refractivity contribution < 1.29 is 14.4 Å². The lowest BCUT2D eigenvalue weighted by Crippen LogP contribution is -2.70. The summed E-state index contributed by atoms with van der Waals surface area (Å²) in [6, 6.07) is 22.4. The number of hydrazine groups is 1. The van der Waals surface area contributed by atoms with E-state index in [1.807, 2.05) is 54.6 Å². The molecule has 1 fully saturated rings. The van der Waals surface area contributed by atoms with Gasteiger partial charge in [-0.2, -0.15) is 5.01 Å². The molecule has 3 heterocycles. The first kappa shape index (κ1) is 23.2. The average Bonchev–Trinajstić information content (AvgIpc) is 3.49. The van der Waals surface area contributed by atoms with Crippen molar-refractivity contribution >= 4 is 71.1 Å². The molecule has 0 bridgehead atoms. The molecule has 9 nitrogen and oxygen atoms in total. The molecule has 11 heteroatoms. The summed E-state index contributed by atoms with van der Waals surface area (Å²) in [5.74, 6) is -1.11. The van der Waals surface area contributed by atoms with Crippen LogP contribution in [0.1, 0.15) is 16.8 Å². The van der Waals surface area contributed by atoms with Crippen LogP contribution in [0, 0.1) is 0 Å². The SMILES string of the molecule is O=C(NN1C(C(=O)Nc2nc3ccccc3s2)CC1C(=O)Nc1nc2ccccc2s1)c1ccccc1. The molecule has 2 atom stereocenters. The Hall–Kier alpha value is -4.19. The predicted octanol–water partition coefficient (Wildman–Crippen LogP) is 4.27. The summed E-state index contributed by atoms with van der Waals surface area (Å²) in [5.41, 5.74) is 4.76. The maximum absolute atomic E-state index is 13.2. The number of para-hydroxylation sites is 2. The Morgan fingerprint density at radius 1 is 0.703 bits per heavy atom. The van der Waals surface area contributed by atoms with Crippen LogP contribution in [0.3, 0.4) is 0 Å². The van der Waals surface area contributed by atoms with Gasteiger partial charge in [0.1, 0.15) is 12.1 Å². The minimum Gasteiger partial charge on any atom is -0.301 e. The third-order valence-electron chi connectivity index (χ3n) is 6.04. The van der Waals surface area contributed by atoms with Crippen LogP contribution >= 0.6 is 22.7 Å². The maximum atomic E-state index is 13.2. The predicted molar refractivity (Wildman–Crippen MR) is 144 cm³/mol. The zero-order valence-corrected chi connectivity index (χ0v) is 20.9.